The fraction of sp³-hybridized carbons (Fsp3) is 0.278. The zero-order valence-corrected chi connectivity index (χ0v) is 13.6. The minimum Gasteiger partial charge on any atom is -0.365 e. The highest BCUT2D eigenvalue weighted by Gasteiger charge is 2.28. The average molecular weight is 324 g/mol. The van der Waals surface area contributed by atoms with E-state index >= 15 is 0 Å². The molecule has 1 fully saturated rings. The first-order valence-electron chi connectivity index (χ1n) is 7.87. The molecule has 0 saturated carbocycles. The van der Waals surface area contributed by atoms with Crippen LogP contribution in [-0.2, 0) is 4.79 Å². The van der Waals surface area contributed by atoms with Gasteiger partial charge < -0.3 is 14.8 Å². The third-order valence-corrected chi connectivity index (χ3v) is 4.47. The summed E-state index contributed by atoms with van der Waals surface area (Å²) >= 11 is 0. The lowest BCUT2D eigenvalue weighted by atomic mass is 10.1. The molecular weight excluding hydrogens is 304 g/mol. The molecule has 2 aromatic rings. The number of likely N-dealkylation sites (N-methyl/N-ethyl adjacent to an activating group) is 1. The van der Waals surface area contributed by atoms with Crippen molar-refractivity contribution in [2.45, 2.75) is 12.5 Å². The number of nitrogens with one attached hydrogen (secondary N) is 1. The van der Waals surface area contributed by atoms with Crippen LogP contribution >= 0.6 is 0 Å². The maximum absolute atomic E-state index is 12.3. The maximum Gasteiger partial charge on any atom is 0.271 e. The van der Waals surface area contributed by atoms with Gasteiger partial charge >= 0.3 is 0 Å². The molecule has 0 aromatic carbocycles. The van der Waals surface area contributed by atoms with E-state index in [1.165, 1.54) is 6.08 Å². The van der Waals surface area contributed by atoms with E-state index in [-0.39, 0.29) is 17.5 Å². The van der Waals surface area contributed by atoms with E-state index in [9.17, 15) is 9.59 Å². The second-order valence-electron chi connectivity index (χ2n) is 5.88. The smallest absolute Gasteiger partial charge is 0.271 e. The Bertz CT molecular complexity index is 800. The van der Waals surface area contributed by atoms with Crippen LogP contribution in [0.4, 0.5) is 5.69 Å². The van der Waals surface area contributed by atoms with Crippen molar-refractivity contribution < 1.29 is 4.79 Å². The summed E-state index contributed by atoms with van der Waals surface area (Å²) in [5.74, 6) is -0.0645. The summed E-state index contributed by atoms with van der Waals surface area (Å²) in [7, 11) is 1.90. The molecule has 0 radical (unpaired) electrons. The predicted molar refractivity (Wildman–Crippen MR) is 93.9 cm³/mol. The van der Waals surface area contributed by atoms with Gasteiger partial charge in [-0.3, -0.25) is 14.6 Å². The van der Waals surface area contributed by atoms with E-state index in [0.29, 0.717) is 18.8 Å². The zero-order chi connectivity index (χ0) is 17.1. The van der Waals surface area contributed by atoms with E-state index in [1.807, 2.05) is 30.1 Å². The number of carbonyl (C=O) groups excluding carboxylic acids is 1. The molecule has 1 saturated heterocycles. The molecule has 1 aliphatic rings. The summed E-state index contributed by atoms with van der Waals surface area (Å²) in [4.78, 5) is 34.5. The predicted octanol–water partition coefficient (Wildman–Crippen LogP) is 1.66. The van der Waals surface area contributed by atoms with E-state index in [1.54, 1.807) is 23.5 Å². The zero-order valence-electron chi connectivity index (χ0n) is 13.6. The topological polar surface area (TPSA) is 69.3 Å². The van der Waals surface area contributed by atoms with Gasteiger partial charge in [-0.15, -0.1) is 0 Å². The van der Waals surface area contributed by atoms with Crippen molar-refractivity contribution in [2.24, 2.45) is 0 Å². The van der Waals surface area contributed by atoms with Crippen LogP contribution in [0.2, 0.25) is 0 Å². The average Bonchev–Trinajstić information content (AvgIpc) is 3.12. The molecule has 1 atom stereocenters. The van der Waals surface area contributed by atoms with Gasteiger partial charge in [0, 0.05) is 50.3 Å². The molecular formula is C18H20N4O2. The lowest BCUT2D eigenvalue weighted by Crippen LogP contribution is -2.38. The van der Waals surface area contributed by atoms with Gasteiger partial charge in [0.05, 0.1) is 0 Å². The molecule has 3 rings (SSSR count). The molecule has 1 N–H and O–H groups in total. The van der Waals surface area contributed by atoms with Crippen molar-refractivity contribution in [1.29, 1.82) is 0 Å². The van der Waals surface area contributed by atoms with E-state index < -0.39 is 0 Å². The number of amides is 1. The highest BCUT2D eigenvalue weighted by atomic mass is 16.2. The quantitative estimate of drug-likeness (QED) is 0.869. The van der Waals surface area contributed by atoms with Crippen LogP contribution in [0.3, 0.4) is 0 Å². The number of hydrogen-bond acceptors (Lipinski definition) is 4. The molecule has 0 aliphatic carbocycles. The fourth-order valence-electron chi connectivity index (χ4n) is 3.03. The largest absolute Gasteiger partial charge is 0.365 e. The van der Waals surface area contributed by atoms with Gasteiger partial charge in [0.25, 0.3) is 5.56 Å². The van der Waals surface area contributed by atoms with Gasteiger partial charge in [-0.25, -0.2) is 0 Å². The van der Waals surface area contributed by atoms with Crippen molar-refractivity contribution in [1.82, 2.24) is 14.9 Å². The minimum atomic E-state index is -0.135. The van der Waals surface area contributed by atoms with Crippen LogP contribution < -0.4 is 10.5 Å². The number of aromatic amines is 1. The third-order valence-electron chi connectivity index (χ3n) is 4.47. The van der Waals surface area contributed by atoms with Crippen LogP contribution in [0.25, 0.3) is 11.1 Å². The second kappa shape index (κ2) is 6.70. The number of hydrogen-bond donors (Lipinski definition) is 1. The van der Waals surface area contributed by atoms with Crippen molar-refractivity contribution in [3.8, 4) is 11.1 Å². The lowest BCUT2D eigenvalue weighted by molar-refractivity contribution is -0.125. The highest BCUT2D eigenvalue weighted by Crippen LogP contribution is 2.23. The normalized spacial score (nSPS) is 16.9. The van der Waals surface area contributed by atoms with Gasteiger partial charge in [-0.2, -0.15) is 0 Å². The standard InChI is InChI=1S/C18H20N4O2/c1-3-17(23)22-9-6-15(12-22)21(2)16-10-14(11-20-18(16)24)13-4-7-19-8-5-13/h3-5,7-8,10-11,15H,1,6,9,12H2,2H3,(H,20,24)/t15-/m1/s1. The first kappa shape index (κ1) is 16.0. The first-order chi connectivity index (χ1) is 11.6. The van der Waals surface area contributed by atoms with Gasteiger partial charge in [-0.1, -0.05) is 6.58 Å². The molecule has 1 aliphatic heterocycles. The Labute approximate surface area is 140 Å². The molecule has 6 nitrogen and oxygen atoms in total. The van der Waals surface area contributed by atoms with Crippen molar-refractivity contribution in [3.63, 3.8) is 0 Å². The third kappa shape index (κ3) is 3.08. The van der Waals surface area contributed by atoms with Gasteiger partial charge in [0.1, 0.15) is 5.69 Å². The number of carbonyl (C=O) groups is 1. The molecule has 2 aromatic heterocycles. The van der Waals surface area contributed by atoms with Crippen LogP contribution in [0, 0.1) is 0 Å². The fourth-order valence-corrected chi connectivity index (χ4v) is 3.03. The summed E-state index contributed by atoms with van der Waals surface area (Å²) in [5.41, 5.74) is 2.38. The monoisotopic (exact) mass is 324 g/mol. The molecule has 124 valence electrons. The summed E-state index contributed by atoms with van der Waals surface area (Å²) < 4.78 is 0. The molecule has 1 amide bonds. The number of rotatable bonds is 4. The lowest BCUT2D eigenvalue weighted by Gasteiger charge is -2.26. The number of pyridine rings is 2. The number of nitrogens with zero attached hydrogens (tertiary/aromatic N) is 3. The molecule has 0 unspecified atom stereocenters. The minimum absolute atomic E-state index is 0.0645. The Hall–Kier alpha value is -2.89. The Morgan fingerprint density at radius 3 is 2.88 bits per heavy atom. The van der Waals surface area contributed by atoms with Gasteiger partial charge in [0.2, 0.25) is 5.91 Å². The number of anilines is 1. The van der Waals surface area contributed by atoms with E-state index in [2.05, 4.69) is 16.5 Å². The number of likely N-dealkylation sites (tertiary alicyclic amines) is 1. The molecule has 0 spiro atoms. The van der Waals surface area contributed by atoms with Crippen molar-refractivity contribution in [3.05, 3.63) is 59.8 Å². The molecule has 24 heavy (non-hydrogen) atoms. The van der Waals surface area contributed by atoms with Gasteiger partial charge in [-0.05, 0) is 36.3 Å². The van der Waals surface area contributed by atoms with E-state index in [4.69, 9.17) is 0 Å². The van der Waals surface area contributed by atoms with Crippen LogP contribution in [-0.4, -0.2) is 47.0 Å². The SMILES string of the molecule is C=CC(=O)N1CC[C@@H](N(C)c2cc(-c3ccncc3)c[nH]c2=O)C1. The summed E-state index contributed by atoms with van der Waals surface area (Å²) in [6, 6.07) is 5.80. The van der Waals surface area contributed by atoms with Crippen LogP contribution in [0.1, 0.15) is 6.42 Å². The molecule has 0 bridgehead atoms. The highest BCUT2D eigenvalue weighted by molar-refractivity contribution is 5.87. The summed E-state index contributed by atoms with van der Waals surface area (Å²) in [6.07, 6.45) is 7.31. The Morgan fingerprint density at radius 1 is 1.42 bits per heavy atom. The number of aromatic nitrogens is 2. The van der Waals surface area contributed by atoms with Crippen LogP contribution in [0.15, 0.2) is 54.2 Å². The molecule has 6 heteroatoms. The Morgan fingerprint density at radius 2 is 2.17 bits per heavy atom. The van der Waals surface area contributed by atoms with Crippen LogP contribution in [0.5, 0.6) is 0 Å². The van der Waals surface area contributed by atoms with Crippen molar-refractivity contribution >= 4 is 11.6 Å². The summed E-state index contributed by atoms with van der Waals surface area (Å²) in [5, 5.41) is 0. The Kier molecular flexibility index (Phi) is 4.46. The Balaban J connectivity index is 1.85. The maximum atomic E-state index is 12.3. The van der Waals surface area contributed by atoms with Crippen molar-refractivity contribution in [2.75, 3.05) is 25.0 Å². The summed E-state index contributed by atoms with van der Waals surface area (Å²) in [6.45, 7) is 4.81. The van der Waals surface area contributed by atoms with Gasteiger partial charge in [0.15, 0.2) is 0 Å². The second-order valence-corrected chi connectivity index (χ2v) is 5.88. The molecule has 3 heterocycles. The first-order valence-corrected chi connectivity index (χ1v) is 7.87. The number of H-pyrrole nitrogens is 1. The van der Waals surface area contributed by atoms with E-state index in [0.717, 1.165) is 17.5 Å².